The van der Waals surface area contributed by atoms with Crippen LogP contribution >= 0.6 is 11.8 Å². The third-order valence-electron chi connectivity index (χ3n) is 2.29. The van der Waals surface area contributed by atoms with Crippen molar-refractivity contribution in [2.75, 3.05) is 0 Å². The maximum absolute atomic E-state index is 13.3. The molecule has 0 bridgehead atoms. The summed E-state index contributed by atoms with van der Waals surface area (Å²) in [5.74, 6) is -2.80. The molecule has 0 atom stereocenters. The topological polar surface area (TPSA) is 0 Å². The molecule has 0 saturated carbocycles. The van der Waals surface area contributed by atoms with E-state index in [2.05, 4.69) is 0 Å². The van der Waals surface area contributed by atoms with Gasteiger partial charge in [0.05, 0.1) is 0 Å². The van der Waals surface area contributed by atoms with E-state index in [9.17, 15) is 17.6 Å². The Morgan fingerprint density at radius 3 is 2.22 bits per heavy atom. The summed E-state index contributed by atoms with van der Waals surface area (Å²) in [6.45, 7) is 0. The van der Waals surface area contributed by atoms with Gasteiger partial charge in [-0.15, -0.1) is 11.8 Å². The number of hydrogen-bond acceptors (Lipinski definition) is 1. The van der Waals surface area contributed by atoms with Crippen LogP contribution in [-0.2, 0) is 5.75 Å². The highest BCUT2D eigenvalue weighted by Crippen LogP contribution is 2.25. The van der Waals surface area contributed by atoms with Gasteiger partial charge >= 0.3 is 0 Å². The summed E-state index contributed by atoms with van der Waals surface area (Å²) in [5.41, 5.74) is 0.185. The Labute approximate surface area is 106 Å². The molecule has 2 rings (SSSR count). The van der Waals surface area contributed by atoms with Gasteiger partial charge in [-0.3, -0.25) is 0 Å². The Balaban J connectivity index is 2.11. The molecule has 0 saturated heterocycles. The van der Waals surface area contributed by atoms with E-state index in [-0.39, 0.29) is 11.3 Å². The molecule has 0 radical (unpaired) electrons. The molecule has 0 heterocycles. The van der Waals surface area contributed by atoms with Gasteiger partial charge in [-0.05, 0) is 36.4 Å². The van der Waals surface area contributed by atoms with Crippen LogP contribution in [-0.4, -0.2) is 0 Å². The molecule has 0 spiro atoms. The molecular weight excluding hydrogens is 264 g/mol. The van der Waals surface area contributed by atoms with Crippen LogP contribution in [0.1, 0.15) is 5.56 Å². The van der Waals surface area contributed by atoms with Gasteiger partial charge in [0.1, 0.15) is 11.6 Å². The van der Waals surface area contributed by atoms with Crippen molar-refractivity contribution in [1.82, 2.24) is 0 Å². The molecule has 0 aliphatic carbocycles. The fourth-order valence-electron chi connectivity index (χ4n) is 1.38. The van der Waals surface area contributed by atoms with Gasteiger partial charge in [0.2, 0.25) is 0 Å². The number of halogens is 4. The number of benzene rings is 2. The molecule has 2 aromatic rings. The molecule has 0 aliphatic rings. The van der Waals surface area contributed by atoms with Crippen molar-refractivity contribution in [3.05, 3.63) is 65.2 Å². The largest absolute Gasteiger partial charge is 0.207 e. The Morgan fingerprint density at radius 1 is 0.778 bits per heavy atom. The van der Waals surface area contributed by atoms with Crippen LogP contribution in [0.2, 0.25) is 0 Å². The van der Waals surface area contributed by atoms with Crippen molar-refractivity contribution in [1.29, 1.82) is 0 Å². The normalized spacial score (nSPS) is 10.7. The van der Waals surface area contributed by atoms with Gasteiger partial charge in [-0.1, -0.05) is 0 Å². The van der Waals surface area contributed by atoms with Gasteiger partial charge in [0.15, 0.2) is 11.6 Å². The van der Waals surface area contributed by atoms with E-state index in [0.29, 0.717) is 4.90 Å². The first-order valence-electron chi connectivity index (χ1n) is 5.08. The van der Waals surface area contributed by atoms with Crippen molar-refractivity contribution < 1.29 is 17.6 Å². The molecule has 0 fully saturated rings. The van der Waals surface area contributed by atoms with E-state index in [1.54, 1.807) is 0 Å². The molecule has 0 aliphatic heterocycles. The van der Waals surface area contributed by atoms with Crippen LogP contribution in [0.4, 0.5) is 17.6 Å². The van der Waals surface area contributed by atoms with E-state index in [1.165, 1.54) is 6.07 Å². The molecule has 94 valence electrons. The van der Waals surface area contributed by atoms with Gasteiger partial charge < -0.3 is 0 Å². The minimum absolute atomic E-state index is 0.147. The van der Waals surface area contributed by atoms with E-state index < -0.39 is 23.3 Å². The Kier molecular flexibility index (Phi) is 3.91. The standard InChI is InChI=1S/C13H8F4S/c14-9-1-3-11(15)8(5-9)7-18-10-2-4-12(16)13(17)6-10/h1-6H,7H2. The predicted octanol–water partition coefficient (Wildman–Crippen LogP) is 4.54. The molecule has 5 heteroatoms. The lowest BCUT2D eigenvalue weighted by molar-refractivity contribution is 0.506. The molecule has 0 nitrogen and oxygen atoms in total. The zero-order valence-corrected chi connectivity index (χ0v) is 9.91. The average Bonchev–Trinajstić information content (AvgIpc) is 2.34. The maximum Gasteiger partial charge on any atom is 0.159 e. The third kappa shape index (κ3) is 3.04. The molecule has 2 aromatic carbocycles. The van der Waals surface area contributed by atoms with Crippen molar-refractivity contribution in [2.45, 2.75) is 10.6 Å². The monoisotopic (exact) mass is 272 g/mol. The second kappa shape index (κ2) is 5.44. The quantitative estimate of drug-likeness (QED) is 0.584. The highest BCUT2D eigenvalue weighted by molar-refractivity contribution is 7.98. The Hall–Kier alpha value is -1.49. The lowest BCUT2D eigenvalue weighted by Crippen LogP contribution is -1.90. The molecule has 18 heavy (non-hydrogen) atoms. The molecular formula is C13H8F4S. The highest BCUT2D eigenvalue weighted by atomic mass is 32.2. The van der Waals surface area contributed by atoms with Gasteiger partial charge in [0, 0.05) is 16.2 Å². The van der Waals surface area contributed by atoms with Crippen molar-refractivity contribution >= 4 is 11.8 Å². The number of hydrogen-bond donors (Lipinski definition) is 0. The van der Waals surface area contributed by atoms with Crippen LogP contribution < -0.4 is 0 Å². The molecule has 0 unspecified atom stereocenters. The summed E-state index contributed by atoms with van der Waals surface area (Å²) in [7, 11) is 0. The number of rotatable bonds is 3. The second-order valence-corrected chi connectivity index (χ2v) is 4.65. The van der Waals surface area contributed by atoms with Crippen LogP contribution in [0, 0.1) is 23.3 Å². The van der Waals surface area contributed by atoms with Gasteiger partial charge in [-0.2, -0.15) is 0 Å². The lowest BCUT2D eigenvalue weighted by atomic mass is 10.2. The zero-order chi connectivity index (χ0) is 13.1. The summed E-state index contributed by atoms with van der Waals surface area (Å²) in [4.78, 5) is 0.456. The maximum atomic E-state index is 13.3. The average molecular weight is 272 g/mol. The van der Waals surface area contributed by atoms with Gasteiger partial charge in [0.25, 0.3) is 0 Å². The minimum Gasteiger partial charge on any atom is -0.207 e. The first-order valence-corrected chi connectivity index (χ1v) is 6.06. The van der Waals surface area contributed by atoms with Gasteiger partial charge in [-0.25, -0.2) is 17.6 Å². The molecule has 0 aromatic heterocycles. The van der Waals surface area contributed by atoms with E-state index >= 15 is 0 Å². The van der Waals surface area contributed by atoms with Crippen LogP contribution in [0.3, 0.4) is 0 Å². The van der Waals surface area contributed by atoms with Crippen molar-refractivity contribution in [3.8, 4) is 0 Å². The first-order chi connectivity index (χ1) is 8.56. The number of thioether (sulfide) groups is 1. The highest BCUT2D eigenvalue weighted by Gasteiger charge is 2.07. The van der Waals surface area contributed by atoms with Crippen molar-refractivity contribution in [2.24, 2.45) is 0 Å². The summed E-state index contributed by atoms with van der Waals surface area (Å²) in [6, 6.07) is 6.57. The van der Waals surface area contributed by atoms with Crippen LogP contribution in [0.15, 0.2) is 41.3 Å². The van der Waals surface area contributed by atoms with E-state index in [0.717, 1.165) is 42.1 Å². The zero-order valence-electron chi connectivity index (χ0n) is 9.09. The smallest absolute Gasteiger partial charge is 0.159 e. The SMILES string of the molecule is Fc1ccc(F)c(CSc2ccc(F)c(F)c2)c1. The lowest BCUT2D eigenvalue weighted by Gasteiger charge is -2.04. The summed E-state index contributed by atoms with van der Waals surface area (Å²) in [5, 5.41) is 0. The molecule has 0 amide bonds. The predicted molar refractivity (Wildman–Crippen MR) is 62.3 cm³/mol. The van der Waals surface area contributed by atoms with E-state index in [1.807, 2.05) is 0 Å². The third-order valence-corrected chi connectivity index (χ3v) is 3.34. The summed E-state index contributed by atoms with van der Waals surface area (Å²) in [6.07, 6.45) is 0. The fourth-order valence-corrected chi connectivity index (χ4v) is 2.28. The second-order valence-electron chi connectivity index (χ2n) is 3.60. The van der Waals surface area contributed by atoms with E-state index in [4.69, 9.17) is 0 Å². The molecule has 0 N–H and O–H groups in total. The Morgan fingerprint density at radius 2 is 1.50 bits per heavy atom. The van der Waals surface area contributed by atoms with Crippen molar-refractivity contribution in [3.63, 3.8) is 0 Å². The summed E-state index contributed by atoms with van der Waals surface area (Å²) < 4.78 is 51.8. The minimum atomic E-state index is -0.959. The first kappa shape index (κ1) is 13.0. The van der Waals surface area contributed by atoms with Crippen LogP contribution in [0.5, 0.6) is 0 Å². The Bertz CT molecular complexity index is 569. The van der Waals surface area contributed by atoms with Crippen LogP contribution in [0.25, 0.3) is 0 Å². The summed E-state index contributed by atoms with van der Waals surface area (Å²) >= 11 is 1.11. The fraction of sp³-hybridized carbons (Fsp3) is 0.0769.